The second-order valence-corrected chi connectivity index (χ2v) is 5.32. The summed E-state index contributed by atoms with van der Waals surface area (Å²) < 4.78 is 0. The van der Waals surface area contributed by atoms with Gasteiger partial charge in [-0.1, -0.05) is 18.1 Å². The highest BCUT2D eigenvalue weighted by Gasteiger charge is 2.05. The first kappa shape index (κ1) is 13.3. The fourth-order valence-corrected chi connectivity index (χ4v) is 2.48. The highest BCUT2D eigenvalue weighted by atomic mass is 32.1. The molecule has 0 bridgehead atoms. The lowest BCUT2D eigenvalue weighted by Gasteiger charge is -1.98. The molecular formula is C17H12N2OS. The van der Waals surface area contributed by atoms with Crippen LogP contribution in [0, 0.1) is 18.8 Å². The highest BCUT2D eigenvalue weighted by Crippen LogP contribution is 2.21. The quantitative estimate of drug-likeness (QED) is 0.579. The van der Waals surface area contributed by atoms with Crippen molar-refractivity contribution in [1.29, 1.82) is 0 Å². The number of H-pyrrole nitrogens is 1. The van der Waals surface area contributed by atoms with Gasteiger partial charge in [0.25, 0.3) is 0 Å². The standard InChI is InChI=1S/C17H12N2OS/c1-12-8-16(19-17(12)9-20)14-5-2-13(3-6-14)4-7-15-10-21-11-18-15/h2-3,5-6,8-11,19H,1H3. The van der Waals surface area contributed by atoms with Crippen LogP contribution in [-0.2, 0) is 0 Å². The number of nitrogens with one attached hydrogen (secondary N) is 1. The van der Waals surface area contributed by atoms with E-state index in [-0.39, 0.29) is 0 Å². The summed E-state index contributed by atoms with van der Waals surface area (Å²) >= 11 is 1.53. The molecule has 1 aromatic carbocycles. The van der Waals surface area contributed by atoms with Gasteiger partial charge in [-0.2, -0.15) is 0 Å². The van der Waals surface area contributed by atoms with Crippen LogP contribution >= 0.6 is 11.3 Å². The summed E-state index contributed by atoms with van der Waals surface area (Å²) in [4.78, 5) is 18.1. The molecule has 0 spiro atoms. The number of aromatic amines is 1. The third-order valence-electron chi connectivity index (χ3n) is 3.14. The van der Waals surface area contributed by atoms with Gasteiger partial charge in [-0.05, 0) is 42.2 Å². The van der Waals surface area contributed by atoms with Gasteiger partial charge in [-0.25, -0.2) is 4.98 Å². The molecule has 0 saturated heterocycles. The molecule has 0 atom stereocenters. The predicted octanol–water partition coefficient (Wildman–Crippen LogP) is 3.66. The Hall–Kier alpha value is -2.64. The molecule has 4 heteroatoms. The highest BCUT2D eigenvalue weighted by molar-refractivity contribution is 7.07. The first-order chi connectivity index (χ1) is 10.3. The van der Waals surface area contributed by atoms with Crippen LogP contribution in [-0.4, -0.2) is 16.3 Å². The van der Waals surface area contributed by atoms with Gasteiger partial charge in [-0.3, -0.25) is 4.79 Å². The zero-order valence-electron chi connectivity index (χ0n) is 11.4. The summed E-state index contributed by atoms with van der Waals surface area (Å²) in [5.74, 6) is 6.10. The minimum Gasteiger partial charge on any atom is -0.352 e. The van der Waals surface area contributed by atoms with E-state index >= 15 is 0 Å². The van der Waals surface area contributed by atoms with Crippen LogP contribution in [0.5, 0.6) is 0 Å². The van der Waals surface area contributed by atoms with E-state index in [0.29, 0.717) is 5.69 Å². The summed E-state index contributed by atoms with van der Waals surface area (Å²) in [6.07, 6.45) is 0.840. The van der Waals surface area contributed by atoms with Gasteiger partial charge in [0.15, 0.2) is 6.29 Å². The number of aryl methyl sites for hydroxylation is 1. The summed E-state index contributed by atoms with van der Waals surface area (Å²) in [5, 5.41) is 1.92. The molecule has 3 nitrogen and oxygen atoms in total. The monoisotopic (exact) mass is 292 g/mol. The Morgan fingerprint density at radius 2 is 2.05 bits per heavy atom. The molecule has 0 saturated carbocycles. The smallest absolute Gasteiger partial charge is 0.166 e. The van der Waals surface area contributed by atoms with Crippen molar-refractivity contribution in [2.45, 2.75) is 6.92 Å². The van der Waals surface area contributed by atoms with Crippen molar-refractivity contribution in [3.8, 4) is 23.1 Å². The number of carbonyl (C=O) groups excluding carboxylic acids is 1. The van der Waals surface area contributed by atoms with E-state index < -0.39 is 0 Å². The first-order valence-electron chi connectivity index (χ1n) is 6.41. The van der Waals surface area contributed by atoms with Crippen LogP contribution in [0.15, 0.2) is 41.2 Å². The van der Waals surface area contributed by atoms with Gasteiger partial charge in [-0.15, -0.1) is 11.3 Å². The predicted molar refractivity (Wildman–Crippen MR) is 84.4 cm³/mol. The third-order valence-corrected chi connectivity index (χ3v) is 3.72. The molecular weight excluding hydrogens is 280 g/mol. The minimum absolute atomic E-state index is 0.623. The van der Waals surface area contributed by atoms with Gasteiger partial charge in [0.2, 0.25) is 0 Å². The molecule has 1 N–H and O–H groups in total. The summed E-state index contributed by atoms with van der Waals surface area (Å²) in [7, 11) is 0. The lowest BCUT2D eigenvalue weighted by Crippen LogP contribution is -1.83. The maximum Gasteiger partial charge on any atom is 0.166 e. The van der Waals surface area contributed by atoms with Crippen molar-refractivity contribution in [3.05, 3.63) is 63.7 Å². The van der Waals surface area contributed by atoms with Gasteiger partial charge in [0.1, 0.15) is 5.69 Å². The normalized spacial score (nSPS) is 9.95. The zero-order chi connectivity index (χ0) is 14.7. The number of benzene rings is 1. The molecule has 0 aliphatic heterocycles. The molecule has 0 unspecified atom stereocenters. The van der Waals surface area contributed by atoms with E-state index in [0.717, 1.165) is 34.4 Å². The Balaban J connectivity index is 1.85. The molecule has 2 aromatic heterocycles. The van der Waals surface area contributed by atoms with E-state index in [2.05, 4.69) is 21.8 Å². The fraction of sp³-hybridized carbons (Fsp3) is 0.0588. The molecule has 0 radical (unpaired) electrons. The number of rotatable bonds is 2. The zero-order valence-corrected chi connectivity index (χ0v) is 12.2. The molecule has 2 heterocycles. The van der Waals surface area contributed by atoms with Crippen LogP contribution in [0.1, 0.15) is 27.3 Å². The van der Waals surface area contributed by atoms with E-state index in [1.54, 1.807) is 5.51 Å². The molecule has 102 valence electrons. The lowest BCUT2D eigenvalue weighted by atomic mass is 10.1. The third kappa shape index (κ3) is 2.93. The fourth-order valence-electron chi connectivity index (χ4n) is 2.00. The second kappa shape index (κ2) is 5.78. The number of aromatic nitrogens is 2. The van der Waals surface area contributed by atoms with Crippen LogP contribution in [0.3, 0.4) is 0 Å². The number of hydrogen-bond donors (Lipinski definition) is 1. The molecule has 0 aliphatic rings. The Morgan fingerprint density at radius 1 is 1.24 bits per heavy atom. The summed E-state index contributed by atoms with van der Waals surface area (Å²) in [5.41, 5.74) is 7.04. The Bertz CT molecular complexity index is 818. The van der Waals surface area contributed by atoms with E-state index in [1.807, 2.05) is 42.6 Å². The SMILES string of the molecule is Cc1cc(-c2ccc(C#Cc3cscn3)cc2)[nH]c1C=O. The maximum absolute atomic E-state index is 10.9. The topological polar surface area (TPSA) is 45.8 Å². The first-order valence-corrected chi connectivity index (χ1v) is 7.36. The largest absolute Gasteiger partial charge is 0.352 e. The number of aldehydes is 1. The van der Waals surface area contributed by atoms with Crippen molar-refractivity contribution in [2.24, 2.45) is 0 Å². The molecule has 21 heavy (non-hydrogen) atoms. The van der Waals surface area contributed by atoms with Gasteiger partial charge in [0.05, 0.1) is 11.2 Å². The molecule has 0 aliphatic carbocycles. The Labute approximate surface area is 126 Å². The second-order valence-electron chi connectivity index (χ2n) is 4.60. The molecule has 3 rings (SSSR count). The van der Waals surface area contributed by atoms with Crippen LogP contribution in [0.25, 0.3) is 11.3 Å². The van der Waals surface area contributed by atoms with E-state index in [4.69, 9.17) is 0 Å². The number of carbonyl (C=O) groups is 1. The van der Waals surface area contributed by atoms with E-state index in [9.17, 15) is 4.79 Å². The van der Waals surface area contributed by atoms with Crippen LogP contribution < -0.4 is 0 Å². The molecule has 3 aromatic rings. The van der Waals surface area contributed by atoms with E-state index in [1.165, 1.54) is 11.3 Å². The average molecular weight is 292 g/mol. The van der Waals surface area contributed by atoms with Crippen molar-refractivity contribution in [2.75, 3.05) is 0 Å². The minimum atomic E-state index is 0.623. The van der Waals surface area contributed by atoms with Gasteiger partial charge >= 0.3 is 0 Å². The summed E-state index contributed by atoms with van der Waals surface area (Å²) in [6, 6.07) is 9.88. The number of thiazole rings is 1. The maximum atomic E-state index is 10.9. The van der Waals surface area contributed by atoms with Crippen LogP contribution in [0.4, 0.5) is 0 Å². The van der Waals surface area contributed by atoms with Crippen molar-refractivity contribution in [1.82, 2.24) is 9.97 Å². The molecule has 0 fully saturated rings. The van der Waals surface area contributed by atoms with Crippen molar-refractivity contribution >= 4 is 17.6 Å². The van der Waals surface area contributed by atoms with Gasteiger partial charge < -0.3 is 4.98 Å². The lowest BCUT2D eigenvalue weighted by molar-refractivity contribution is 0.111. The Morgan fingerprint density at radius 3 is 2.67 bits per heavy atom. The van der Waals surface area contributed by atoms with Gasteiger partial charge in [0, 0.05) is 16.6 Å². The van der Waals surface area contributed by atoms with Crippen LogP contribution in [0.2, 0.25) is 0 Å². The molecule has 0 amide bonds. The van der Waals surface area contributed by atoms with Crippen molar-refractivity contribution in [3.63, 3.8) is 0 Å². The average Bonchev–Trinajstić information content (AvgIpc) is 3.15. The summed E-state index contributed by atoms with van der Waals surface area (Å²) in [6.45, 7) is 1.91. The number of hydrogen-bond acceptors (Lipinski definition) is 3. The van der Waals surface area contributed by atoms with Crippen molar-refractivity contribution < 1.29 is 4.79 Å². The Kier molecular flexibility index (Phi) is 3.67. The number of nitrogens with zero attached hydrogens (tertiary/aromatic N) is 1.